The molecule has 0 aliphatic rings. The van der Waals surface area contributed by atoms with E-state index in [2.05, 4.69) is 13.0 Å². The van der Waals surface area contributed by atoms with E-state index in [9.17, 15) is 4.79 Å². The van der Waals surface area contributed by atoms with Crippen LogP contribution in [-0.4, -0.2) is 5.78 Å². The first-order valence-corrected chi connectivity index (χ1v) is 6.86. The number of hydrogen-bond acceptors (Lipinski definition) is 1. The number of hydrogen-bond donors (Lipinski definition) is 0. The van der Waals surface area contributed by atoms with Crippen LogP contribution in [0.5, 0.6) is 0 Å². The van der Waals surface area contributed by atoms with Gasteiger partial charge in [-0.1, -0.05) is 65.0 Å². The van der Waals surface area contributed by atoms with Crippen molar-refractivity contribution in [2.45, 2.75) is 72.1 Å². The zero-order valence-corrected chi connectivity index (χ0v) is 11.3. The van der Waals surface area contributed by atoms with Crippen LogP contribution in [0.3, 0.4) is 0 Å². The van der Waals surface area contributed by atoms with Crippen LogP contribution in [0.2, 0.25) is 0 Å². The van der Waals surface area contributed by atoms with E-state index in [-0.39, 0.29) is 5.92 Å². The number of allylic oxidation sites excluding steroid dienone is 2. The lowest BCUT2D eigenvalue weighted by atomic mass is 10.1. The number of unbranched alkanes of at least 4 members (excludes halogenated alkanes) is 6. The van der Waals surface area contributed by atoms with Gasteiger partial charge in [0.2, 0.25) is 0 Å². The Kier molecular flexibility index (Phi) is 10.5. The van der Waals surface area contributed by atoms with E-state index in [1.165, 1.54) is 38.5 Å². The lowest BCUT2D eigenvalue weighted by molar-refractivity contribution is -0.121. The Labute approximate surface area is 101 Å². The van der Waals surface area contributed by atoms with Crippen LogP contribution in [0.4, 0.5) is 0 Å². The van der Waals surface area contributed by atoms with Crippen LogP contribution in [0.15, 0.2) is 12.2 Å². The van der Waals surface area contributed by atoms with Gasteiger partial charge < -0.3 is 0 Å². The normalized spacial score (nSPS) is 11.5. The molecule has 0 aromatic rings. The fourth-order valence-electron chi connectivity index (χ4n) is 1.60. The summed E-state index contributed by atoms with van der Waals surface area (Å²) < 4.78 is 0. The van der Waals surface area contributed by atoms with Crippen molar-refractivity contribution in [3.63, 3.8) is 0 Å². The van der Waals surface area contributed by atoms with E-state index in [4.69, 9.17) is 0 Å². The van der Waals surface area contributed by atoms with Crippen LogP contribution < -0.4 is 0 Å². The molecule has 1 heteroatoms. The van der Waals surface area contributed by atoms with Crippen molar-refractivity contribution in [1.29, 1.82) is 0 Å². The highest BCUT2D eigenvalue weighted by Gasteiger charge is 2.02. The van der Waals surface area contributed by atoms with E-state index in [1.807, 2.05) is 19.9 Å². The molecule has 0 aromatic carbocycles. The summed E-state index contributed by atoms with van der Waals surface area (Å²) in [5, 5.41) is 0. The fraction of sp³-hybridized carbons (Fsp3) is 0.800. The lowest BCUT2D eigenvalue weighted by Crippen LogP contribution is -2.04. The summed E-state index contributed by atoms with van der Waals surface area (Å²) in [5.41, 5.74) is 0. The Morgan fingerprint density at radius 1 is 1.00 bits per heavy atom. The molecule has 0 radical (unpaired) electrons. The second-order valence-electron chi connectivity index (χ2n) is 4.85. The fourth-order valence-corrected chi connectivity index (χ4v) is 1.60. The smallest absolute Gasteiger partial charge is 0.139 e. The number of rotatable bonds is 10. The summed E-state index contributed by atoms with van der Waals surface area (Å²) >= 11 is 0. The Balaban J connectivity index is 3.25. The van der Waals surface area contributed by atoms with Crippen molar-refractivity contribution >= 4 is 5.78 Å². The Hall–Kier alpha value is -0.590. The summed E-state index contributed by atoms with van der Waals surface area (Å²) in [6.45, 7) is 6.17. The molecule has 0 spiro atoms. The van der Waals surface area contributed by atoms with Crippen LogP contribution >= 0.6 is 0 Å². The van der Waals surface area contributed by atoms with Gasteiger partial charge in [-0.25, -0.2) is 0 Å². The quantitative estimate of drug-likeness (QED) is 0.381. The largest absolute Gasteiger partial charge is 0.299 e. The van der Waals surface area contributed by atoms with Gasteiger partial charge >= 0.3 is 0 Å². The molecule has 0 aliphatic carbocycles. The average molecular weight is 224 g/mol. The van der Waals surface area contributed by atoms with Crippen molar-refractivity contribution in [2.24, 2.45) is 5.92 Å². The molecule has 0 N–H and O–H groups in total. The Bertz CT molecular complexity index is 192. The van der Waals surface area contributed by atoms with E-state index in [0.717, 1.165) is 6.42 Å². The SMILES string of the molecule is CCCCCCCC/C=C\CC(=O)C(C)C. The molecule has 0 fully saturated rings. The maximum atomic E-state index is 11.3. The highest BCUT2D eigenvalue weighted by molar-refractivity contribution is 5.81. The van der Waals surface area contributed by atoms with Crippen LogP contribution in [0.1, 0.15) is 72.1 Å². The standard InChI is InChI=1S/C15H28O/c1-4-5-6-7-8-9-10-11-12-13-15(16)14(2)3/h11-12,14H,4-10,13H2,1-3H3/b12-11-. The monoisotopic (exact) mass is 224 g/mol. The predicted octanol–water partition coefficient (Wildman–Crippen LogP) is 4.91. The van der Waals surface area contributed by atoms with E-state index in [1.54, 1.807) is 0 Å². The van der Waals surface area contributed by atoms with Gasteiger partial charge in [0.1, 0.15) is 5.78 Å². The first-order chi connectivity index (χ1) is 7.68. The lowest BCUT2D eigenvalue weighted by Gasteiger charge is -1.99. The molecule has 16 heavy (non-hydrogen) atoms. The van der Waals surface area contributed by atoms with Crippen molar-refractivity contribution in [3.8, 4) is 0 Å². The zero-order chi connectivity index (χ0) is 12.2. The topological polar surface area (TPSA) is 17.1 Å². The van der Waals surface area contributed by atoms with Crippen LogP contribution in [0, 0.1) is 5.92 Å². The van der Waals surface area contributed by atoms with Gasteiger partial charge in [-0.2, -0.15) is 0 Å². The summed E-state index contributed by atoms with van der Waals surface area (Å²) in [6, 6.07) is 0. The molecule has 0 heterocycles. The number of carbonyl (C=O) groups is 1. The molecule has 0 saturated carbocycles. The highest BCUT2D eigenvalue weighted by Crippen LogP contribution is 2.07. The maximum Gasteiger partial charge on any atom is 0.139 e. The number of ketones is 1. The number of carbonyl (C=O) groups excluding carboxylic acids is 1. The number of Topliss-reactive ketones (excluding diaryl/α,β-unsaturated/α-hetero) is 1. The van der Waals surface area contributed by atoms with Gasteiger partial charge in [0.05, 0.1) is 0 Å². The minimum atomic E-state index is 0.179. The molecular formula is C15H28O. The molecule has 1 nitrogen and oxygen atoms in total. The van der Waals surface area contributed by atoms with Crippen molar-refractivity contribution in [2.75, 3.05) is 0 Å². The van der Waals surface area contributed by atoms with Crippen LogP contribution in [-0.2, 0) is 4.79 Å². The summed E-state index contributed by atoms with van der Waals surface area (Å²) in [7, 11) is 0. The molecule has 0 bridgehead atoms. The van der Waals surface area contributed by atoms with E-state index in [0.29, 0.717) is 12.2 Å². The van der Waals surface area contributed by atoms with Gasteiger partial charge in [-0.3, -0.25) is 4.79 Å². The Morgan fingerprint density at radius 2 is 1.62 bits per heavy atom. The van der Waals surface area contributed by atoms with Crippen molar-refractivity contribution in [3.05, 3.63) is 12.2 Å². The maximum absolute atomic E-state index is 11.3. The molecule has 0 saturated heterocycles. The third kappa shape index (κ3) is 9.95. The van der Waals surface area contributed by atoms with Gasteiger partial charge in [0.25, 0.3) is 0 Å². The third-order valence-electron chi connectivity index (χ3n) is 2.85. The molecule has 0 atom stereocenters. The van der Waals surface area contributed by atoms with Gasteiger partial charge in [-0.05, 0) is 12.8 Å². The molecule has 0 rings (SSSR count). The molecule has 0 unspecified atom stereocenters. The van der Waals surface area contributed by atoms with Gasteiger partial charge in [0, 0.05) is 12.3 Å². The average Bonchev–Trinajstić information content (AvgIpc) is 2.26. The second kappa shape index (κ2) is 10.9. The molecular weight excluding hydrogens is 196 g/mol. The molecule has 0 aliphatic heterocycles. The summed E-state index contributed by atoms with van der Waals surface area (Å²) in [6.07, 6.45) is 14.0. The second-order valence-corrected chi connectivity index (χ2v) is 4.85. The van der Waals surface area contributed by atoms with Gasteiger partial charge in [-0.15, -0.1) is 0 Å². The van der Waals surface area contributed by atoms with Gasteiger partial charge in [0.15, 0.2) is 0 Å². The first-order valence-electron chi connectivity index (χ1n) is 6.86. The summed E-state index contributed by atoms with van der Waals surface area (Å²) in [4.78, 5) is 11.3. The zero-order valence-electron chi connectivity index (χ0n) is 11.3. The molecule has 0 amide bonds. The Morgan fingerprint density at radius 3 is 2.25 bits per heavy atom. The van der Waals surface area contributed by atoms with E-state index < -0.39 is 0 Å². The van der Waals surface area contributed by atoms with E-state index >= 15 is 0 Å². The minimum absolute atomic E-state index is 0.179. The predicted molar refractivity (Wildman–Crippen MR) is 71.6 cm³/mol. The van der Waals surface area contributed by atoms with Crippen molar-refractivity contribution in [1.82, 2.24) is 0 Å². The van der Waals surface area contributed by atoms with Crippen LogP contribution in [0.25, 0.3) is 0 Å². The first kappa shape index (κ1) is 15.4. The molecule has 0 aromatic heterocycles. The molecule has 94 valence electrons. The minimum Gasteiger partial charge on any atom is -0.299 e. The van der Waals surface area contributed by atoms with Crippen molar-refractivity contribution < 1.29 is 4.79 Å². The highest BCUT2D eigenvalue weighted by atomic mass is 16.1. The third-order valence-corrected chi connectivity index (χ3v) is 2.85. The summed E-state index contributed by atoms with van der Waals surface area (Å²) in [5.74, 6) is 0.526.